The van der Waals surface area contributed by atoms with Gasteiger partial charge in [0, 0.05) is 16.7 Å². The number of benzene rings is 1. The third-order valence-electron chi connectivity index (χ3n) is 2.79. The van der Waals surface area contributed by atoms with Crippen molar-refractivity contribution in [3.63, 3.8) is 0 Å². The fourth-order valence-corrected chi connectivity index (χ4v) is 1.76. The third-order valence-corrected chi connectivity index (χ3v) is 3.25. The molecule has 16 heavy (non-hydrogen) atoms. The Hall–Kier alpha value is -1.01. The lowest BCUT2D eigenvalue weighted by molar-refractivity contribution is 0.440. The van der Waals surface area contributed by atoms with Crippen LogP contribution in [0.1, 0.15) is 26.3 Å². The van der Waals surface area contributed by atoms with Crippen LogP contribution >= 0.6 is 15.9 Å². The zero-order chi connectivity index (χ0) is 12.1. The van der Waals surface area contributed by atoms with E-state index in [9.17, 15) is 0 Å². The molecule has 1 aromatic rings. The fourth-order valence-electron chi connectivity index (χ4n) is 1.27. The first-order chi connectivity index (χ1) is 7.52. The van der Waals surface area contributed by atoms with Gasteiger partial charge in [0.15, 0.2) is 0 Å². The molecular weight excluding hydrogens is 264 g/mol. The number of nitrogens with one attached hydrogen (secondary N) is 1. The number of anilines is 1. The van der Waals surface area contributed by atoms with Gasteiger partial charge in [0.1, 0.15) is 0 Å². The van der Waals surface area contributed by atoms with Crippen molar-refractivity contribution in [1.29, 1.82) is 5.26 Å². The molecule has 1 unspecified atom stereocenters. The van der Waals surface area contributed by atoms with Gasteiger partial charge in [-0.1, -0.05) is 36.7 Å². The lowest BCUT2D eigenvalue weighted by Gasteiger charge is -2.17. The van der Waals surface area contributed by atoms with Gasteiger partial charge in [0.25, 0.3) is 0 Å². The first-order valence-corrected chi connectivity index (χ1v) is 6.26. The topological polar surface area (TPSA) is 35.8 Å². The number of hydrogen-bond donors (Lipinski definition) is 1. The van der Waals surface area contributed by atoms with Gasteiger partial charge in [-0.25, -0.2) is 0 Å². The molecule has 0 amide bonds. The smallest absolute Gasteiger partial charge is 0.0992 e. The molecule has 1 atom stereocenters. The molecule has 0 saturated carbocycles. The summed E-state index contributed by atoms with van der Waals surface area (Å²) in [5.41, 5.74) is 1.67. The summed E-state index contributed by atoms with van der Waals surface area (Å²) in [5, 5.41) is 12.2. The molecule has 3 heteroatoms. The van der Waals surface area contributed by atoms with Crippen LogP contribution in [0.15, 0.2) is 22.7 Å². The highest BCUT2D eigenvalue weighted by Gasteiger charge is 2.07. The molecule has 86 valence electrons. The summed E-state index contributed by atoms with van der Waals surface area (Å²) in [6, 6.07) is 7.83. The molecule has 0 aliphatic rings. The lowest BCUT2D eigenvalue weighted by atomic mass is 9.98. The minimum absolute atomic E-state index is 0.615. The van der Waals surface area contributed by atoms with Gasteiger partial charge in [-0.05, 0) is 30.0 Å². The normalized spacial score (nSPS) is 12.2. The molecule has 1 N–H and O–H groups in total. The molecule has 1 rings (SSSR count). The third kappa shape index (κ3) is 3.86. The van der Waals surface area contributed by atoms with E-state index in [0.717, 1.165) is 16.7 Å². The summed E-state index contributed by atoms with van der Waals surface area (Å²) in [6.07, 6.45) is 0. The number of nitrogens with zero attached hydrogens (tertiary/aromatic N) is 1. The van der Waals surface area contributed by atoms with Crippen molar-refractivity contribution in [3.8, 4) is 6.07 Å². The van der Waals surface area contributed by atoms with E-state index in [2.05, 4.69) is 48.1 Å². The van der Waals surface area contributed by atoms with Crippen LogP contribution in [-0.2, 0) is 0 Å². The van der Waals surface area contributed by atoms with Gasteiger partial charge in [0.05, 0.1) is 11.6 Å². The summed E-state index contributed by atoms with van der Waals surface area (Å²) >= 11 is 3.40. The lowest BCUT2D eigenvalue weighted by Crippen LogP contribution is -2.16. The van der Waals surface area contributed by atoms with E-state index in [0.29, 0.717) is 17.4 Å². The van der Waals surface area contributed by atoms with Gasteiger partial charge in [-0.15, -0.1) is 0 Å². The van der Waals surface area contributed by atoms with Crippen LogP contribution in [0.3, 0.4) is 0 Å². The zero-order valence-corrected chi connectivity index (χ0v) is 11.5. The molecule has 1 aromatic carbocycles. The monoisotopic (exact) mass is 280 g/mol. The van der Waals surface area contributed by atoms with Crippen molar-refractivity contribution in [2.45, 2.75) is 20.8 Å². The van der Waals surface area contributed by atoms with Crippen LogP contribution in [0.5, 0.6) is 0 Å². The van der Waals surface area contributed by atoms with Crippen molar-refractivity contribution < 1.29 is 0 Å². The van der Waals surface area contributed by atoms with Gasteiger partial charge in [0.2, 0.25) is 0 Å². The van der Waals surface area contributed by atoms with Crippen molar-refractivity contribution in [1.82, 2.24) is 0 Å². The molecule has 0 spiro atoms. The summed E-state index contributed by atoms with van der Waals surface area (Å²) < 4.78 is 0.936. The van der Waals surface area contributed by atoms with E-state index in [1.165, 1.54) is 0 Å². The largest absolute Gasteiger partial charge is 0.385 e. The van der Waals surface area contributed by atoms with E-state index in [4.69, 9.17) is 5.26 Å². The van der Waals surface area contributed by atoms with Crippen molar-refractivity contribution in [2.24, 2.45) is 11.8 Å². The van der Waals surface area contributed by atoms with Crippen LogP contribution in [-0.4, -0.2) is 6.54 Å². The van der Waals surface area contributed by atoms with Crippen LogP contribution < -0.4 is 5.32 Å². The highest BCUT2D eigenvalue weighted by atomic mass is 79.9. The zero-order valence-electron chi connectivity index (χ0n) is 9.92. The Morgan fingerprint density at radius 3 is 2.56 bits per heavy atom. The predicted molar refractivity (Wildman–Crippen MR) is 71.3 cm³/mol. The Morgan fingerprint density at radius 2 is 2.00 bits per heavy atom. The molecule has 0 aromatic heterocycles. The summed E-state index contributed by atoms with van der Waals surface area (Å²) in [5.74, 6) is 1.28. The Morgan fingerprint density at radius 1 is 1.31 bits per heavy atom. The first kappa shape index (κ1) is 13.1. The average Bonchev–Trinajstić information content (AvgIpc) is 2.24. The Kier molecular flexibility index (Phi) is 4.82. The maximum Gasteiger partial charge on any atom is 0.0992 e. The highest BCUT2D eigenvalue weighted by molar-refractivity contribution is 9.10. The van der Waals surface area contributed by atoms with E-state index in [-0.39, 0.29) is 0 Å². The summed E-state index contributed by atoms with van der Waals surface area (Å²) in [6.45, 7) is 7.59. The number of halogens is 1. The molecule has 2 nitrogen and oxygen atoms in total. The maximum absolute atomic E-state index is 8.85. The number of hydrogen-bond acceptors (Lipinski definition) is 2. The van der Waals surface area contributed by atoms with Crippen molar-refractivity contribution in [3.05, 3.63) is 28.2 Å². The number of rotatable bonds is 4. The quantitative estimate of drug-likeness (QED) is 0.904. The summed E-state index contributed by atoms with van der Waals surface area (Å²) in [7, 11) is 0. The van der Waals surface area contributed by atoms with Gasteiger partial charge >= 0.3 is 0 Å². The van der Waals surface area contributed by atoms with E-state index in [1.54, 1.807) is 0 Å². The predicted octanol–water partition coefficient (Wildman–Crippen LogP) is 4.02. The Bertz CT molecular complexity index is 393. The maximum atomic E-state index is 8.85. The van der Waals surface area contributed by atoms with Crippen LogP contribution in [0, 0.1) is 23.2 Å². The van der Waals surface area contributed by atoms with Gasteiger partial charge in [-0.2, -0.15) is 5.26 Å². The van der Waals surface area contributed by atoms with E-state index >= 15 is 0 Å². The molecule has 0 heterocycles. The molecule has 0 bridgehead atoms. The highest BCUT2D eigenvalue weighted by Crippen LogP contribution is 2.20. The molecule has 0 aliphatic heterocycles. The van der Waals surface area contributed by atoms with Crippen LogP contribution in [0.4, 0.5) is 5.69 Å². The molecule has 0 saturated heterocycles. The van der Waals surface area contributed by atoms with Crippen molar-refractivity contribution >= 4 is 21.6 Å². The van der Waals surface area contributed by atoms with Gasteiger partial charge < -0.3 is 5.32 Å². The molecule has 0 aliphatic carbocycles. The van der Waals surface area contributed by atoms with Crippen LogP contribution in [0.25, 0.3) is 0 Å². The SMILES string of the molecule is CC(C)C(C)CNc1cc(Br)cc(C#N)c1. The van der Waals surface area contributed by atoms with Gasteiger partial charge in [-0.3, -0.25) is 0 Å². The summed E-state index contributed by atoms with van der Waals surface area (Å²) in [4.78, 5) is 0. The average molecular weight is 281 g/mol. The molecule has 0 fully saturated rings. The second-order valence-electron chi connectivity index (χ2n) is 4.44. The second-order valence-corrected chi connectivity index (χ2v) is 5.36. The standard InChI is InChI=1S/C13H17BrN2/c1-9(2)10(3)8-16-13-5-11(7-15)4-12(14)6-13/h4-6,9-10,16H,8H2,1-3H3. The Labute approximate surface area is 106 Å². The Balaban J connectivity index is 2.68. The molecular formula is C13H17BrN2. The minimum atomic E-state index is 0.615. The van der Waals surface area contributed by atoms with E-state index in [1.807, 2.05) is 18.2 Å². The minimum Gasteiger partial charge on any atom is -0.385 e. The molecule has 0 radical (unpaired) electrons. The number of nitriles is 1. The second kappa shape index (κ2) is 5.91. The fraction of sp³-hybridized carbons (Fsp3) is 0.462. The van der Waals surface area contributed by atoms with Crippen molar-refractivity contribution in [2.75, 3.05) is 11.9 Å². The van der Waals surface area contributed by atoms with E-state index < -0.39 is 0 Å². The van der Waals surface area contributed by atoms with Crippen LogP contribution in [0.2, 0.25) is 0 Å². The first-order valence-electron chi connectivity index (χ1n) is 5.47.